The predicted octanol–water partition coefficient (Wildman–Crippen LogP) is 2.35. The number of hydrogen-bond donors (Lipinski definition) is 1. The molecule has 104 valence electrons. The molecule has 1 atom stereocenters. The topological polar surface area (TPSA) is 62.1 Å². The number of hydrogen-bond acceptors (Lipinski definition) is 4. The highest BCUT2D eigenvalue weighted by molar-refractivity contribution is 5.75. The zero-order valence-corrected chi connectivity index (χ0v) is 12.0. The highest BCUT2D eigenvalue weighted by atomic mass is 16.5. The number of carbonyl (C=O) groups excluding carboxylic acids is 1. The molecule has 0 aliphatic rings. The van der Waals surface area contributed by atoms with Crippen LogP contribution in [0.3, 0.4) is 0 Å². The van der Waals surface area contributed by atoms with Gasteiger partial charge in [0.15, 0.2) is 5.92 Å². The predicted molar refractivity (Wildman–Crippen MR) is 71.8 cm³/mol. The van der Waals surface area contributed by atoms with Crippen LogP contribution in [-0.4, -0.2) is 25.7 Å². The zero-order valence-electron chi connectivity index (χ0n) is 12.0. The second-order valence-corrected chi connectivity index (χ2v) is 5.42. The Balaban J connectivity index is 3.80. The van der Waals surface area contributed by atoms with Crippen LogP contribution in [0.1, 0.15) is 40.5 Å². The maximum absolute atomic E-state index is 11.6. The number of nitrogens with zero attached hydrogens (tertiary/aromatic N) is 1. The van der Waals surface area contributed by atoms with Crippen LogP contribution >= 0.6 is 0 Å². The molecule has 0 fully saturated rings. The lowest BCUT2D eigenvalue weighted by atomic mass is 10.1. The van der Waals surface area contributed by atoms with E-state index in [0.29, 0.717) is 25.0 Å². The van der Waals surface area contributed by atoms with Gasteiger partial charge in [-0.2, -0.15) is 5.26 Å². The third kappa shape index (κ3) is 9.00. The first-order valence-electron chi connectivity index (χ1n) is 6.74. The first-order chi connectivity index (χ1) is 8.47. The summed E-state index contributed by atoms with van der Waals surface area (Å²) in [4.78, 5) is 11.6. The monoisotopic (exact) mass is 254 g/mol. The van der Waals surface area contributed by atoms with E-state index in [0.717, 1.165) is 19.4 Å². The number of rotatable bonds is 9. The molecule has 0 aromatic heterocycles. The van der Waals surface area contributed by atoms with Gasteiger partial charge in [-0.3, -0.25) is 4.79 Å². The molecule has 0 saturated carbocycles. The molecule has 0 spiro atoms. The average molecular weight is 254 g/mol. The molecular formula is C14H26N2O2. The summed E-state index contributed by atoms with van der Waals surface area (Å²) in [7, 11) is 0. The van der Waals surface area contributed by atoms with Gasteiger partial charge >= 0.3 is 5.97 Å². The summed E-state index contributed by atoms with van der Waals surface area (Å²) in [6.07, 6.45) is 1.88. The molecule has 0 aliphatic carbocycles. The van der Waals surface area contributed by atoms with E-state index in [4.69, 9.17) is 10.00 Å². The van der Waals surface area contributed by atoms with Crippen molar-refractivity contribution >= 4 is 5.97 Å². The van der Waals surface area contributed by atoms with Crippen LogP contribution in [-0.2, 0) is 9.53 Å². The van der Waals surface area contributed by atoms with E-state index in [-0.39, 0.29) is 0 Å². The minimum Gasteiger partial charge on any atom is -0.465 e. The molecule has 4 nitrogen and oxygen atoms in total. The number of ether oxygens (including phenoxy) is 1. The Morgan fingerprint density at radius 1 is 1.22 bits per heavy atom. The fourth-order valence-electron chi connectivity index (χ4n) is 1.31. The Kier molecular flexibility index (Phi) is 9.31. The summed E-state index contributed by atoms with van der Waals surface area (Å²) in [5.74, 6) is 0.0260. The molecular weight excluding hydrogens is 228 g/mol. The zero-order chi connectivity index (χ0) is 14.0. The summed E-state index contributed by atoms with van der Waals surface area (Å²) in [6.45, 7) is 10.0. The highest BCUT2D eigenvalue weighted by Crippen LogP contribution is 2.03. The van der Waals surface area contributed by atoms with Crippen molar-refractivity contribution in [1.29, 1.82) is 5.26 Å². The van der Waals surface area contributed by atoms with Gasteiger partial charge in [0.05, 0.1) is 12.7 Å². The van der Waals surface area contributed by atoms with Gasteiger partial charge in [-0.25, -0.2) is 0 Å². The van der Waals surface area contributed by atoms with Crippen molar-refractivity contribution in [2.45, 2.75) is 40.5 Å². The third-order valence-corrected chi connectivity index (χ3v) is 2.63. The van der Waals surface area contributed by atoms with Crippen molar-refractivity contribution in [2.75, 3.05) is 19.7 Å². The summed E-state index contributed by atoms with van der Waals surface area (Å²) < 4.78 is 5.08. The van der Waals surface area contributed by atoms with Gasteiger partial charge in [0.1, 0.15) is 0 Å². The minimum atomic E-state index is -0.690. The maximum atomic E-state index is 11.6. The lowest BCUT2D eigenvalue weighted by Gasteiger charge is -2.12. The largest absolute Gasteiger partial charge is 0.465 e. The number of nitriles is 1. The van der Waals surface area contributed by atoms with Crippen LogP contribution in [0.25, 0.3) is 0 Å². The average Bonchev–Trinajstić information content (AvgIpc) is 2.28. The molecule has 0 aromatic rings. The van der Waals surface area contributed by atoms with Gasteiger partial charge < -0.3 is 10.1 Å². The molecule has 0 bridgehead atoms. The van der Waals surface area contributed by atoms with E-state index in [1.807, 2.05) is 6.07 Å². The van der Waals surface area contributed by atoms with Crippen molar-refractivity contribution in [3.63, 3.8) is 0 Å². The summed E-state index contributed by atoms with van der Waals surface area (Å²) in [5, 5.41) is 12.0. The smallest absolute Gasteiger partial charge is 0.324 e. The Labute approximate surface area is 111 Å². The van der Waals surface area contributed by atoms with E-state index in [9.17, 15) is 4.79 Å². The number of esters is 1. The Morgan fingerprint density at radius 2 is 1.83 bits per heavy atom. The lowest BCUT2D eigenvalue weighted by Crippen LogP contribution is -2.30. The van der Waals surface area contributed by atoms with Crippen molar-refractivity contribution in [1.82, 2.24) is 5.32 Å². The summed E-state index contributed by atoms with van der Waals surface area (Å²) >= 11 is 0. The SMILES string of the molecule is CC(C)CCNCC(C#N)C(=O)OCCC(C)C. The molecule has 0 aromatic carbocycles. The maximum Gasteiger partial charge on any atom is 0.324 e. The van der Waals surface area contributed by atoms with Crippen LogP contribution < -0.4 is 5.32 Å². The van der Waals surface area contributed by atoms with Gasteiger partial charge in [-0.05, 0) is 31.2 Å². The second-order valence-electron chi connectivity index (χ2n) is 5.42. The molecule has 0 saturated heterocycles. The van der Waals surface area contributed by atoms with E-state index in [1.54, 1.807) is 0 Å². The van der Waals surface area contributed by atoms with E-state index < -0.39 is 11.9 Å². The molecule has 1 N–H and O–H groups in total. The number of nitrogens with one attached hydrogen (secondary N) is 1. The highest BCUT2D eigenvalue weighted by Gasteiger charge is 2.18. The lowest BCUT2D eigenvalue weighted by molar-refractivity contribution is -0.146. The van der Waals surface area contributed by atoms with Gasteiger partial charge in [0.2, 0.25) is 0 Å². The number of carbonyl (C=O) groups is 1. The molecule has 0 aliphatic heterocycles. The molecule has 18 heavy (non-hydrogen) atoms. The molecule has 4 heteroatoms. The standard InChI is InChI=1S/C14H26N2O2/c1-11(2)5-7-16-10-13(9-15)14(17)18-8-6-12(3)4/h11-13,16H,5-8,10H2,1-4H3. The molecule has 0 heterocycles. The van der Waals surface area contributed by atoms with Crippen LogP contribution in [0, 0.1) is 29.1 Å². The normalized spacial score (nSPS) is 12.5. The van der Waals surface area contributed by atoms with Crippen LogP contribution in [0.15, 0.2) is 0 Å². The van der Waals surface area contributed by atoms with Crippen LogP contribution in [0.4, 0.5) is 0 Å². The molecule has 0 radical (unpaired) electrons. The van der Waals surface area contributed by atoms with Crippen LogP contribution in [0.5, 0.6) is 0 Å². The van der Waals surface area contributed by atoms with E-state index in [2.05, 4.69) is 33.0 Å². The Hall–Kier alpha value is -1.08. The Bertz CT molecular complexity index is 269. The summed E-state index contributed by atoms with van der Waals surface area (Å²) in [5.41, 5.74) is 0. The van der Waals surface area contributed by atoms with Crippen molar-refractivity contribution in [3.8, 4) is 6.07 Å². The fourth-order valence-corrected chi connectivity index (χ4v) is 1.31. The van der Waals surface area contributed by atoms with Crippen molar-refractivity contribution < 1.29 is 9.53 Å². The molecule has 1 unspecified atom stereocenters. The van der Waals surface area contributed by atoms with Crippen molar-refractivity contribution in [2.24, 2.45) is 17.8 Å². The first kappa shape index (κ1) is 16.9. The molecule has 0 rings (SSSR count). The fraction of sp³-hybridized carbons (Fsp3) is 0.857. The van der Waals surface area contributed by atoms with Gasteiger partial charge in [0, 0.05) is 6.54 Å². The second kappa shape index (κ2) is 9.90. The van der Waals surface area contributed by atoms with Crippen molar-refractivity contribution in [3.05, 3.63) is 0 Å². The Morgan fingerprint density at radius 3 is 2.33 bits per heavy atom. The summed E-state index contributed by atoms with van der Waals surface area (Å²) in [6, 6.07) is 1.99. The minimum absolute atomic E-state index is 0.379. The van der Waals surface area contributed by atoms with Gasteiger partial charge in [0.25, 0.3) is 0 Å². The van der Waals surface area contributed by atoms with Crippen LogP contribution in [0.2, 0.25) is 0 Å². The third-order valence-electron chi connectivity index (χ3n) is 2.63. The van der Waals surface area contributed by atoms with E-state index >= 15 is 0 Å². The van der Waals surface area contributed by atoms with Gasteiger partial charge in [-0.1, -0.05) is 27.7 Å². The first-order valence-corrected chi connectivity index (χ1v) is 6.74. The quantitative estimate of drug-likeness (QED) is 0.507. The molecule has 0 amide bonds. The van der Waals surface area contributed by atoms with E-state index in [1.165, 1.54) is 0 Å². The van der Waals surface area contributed by atoms with Gasteiger partial charge in [-0.15, -0.1) is 0 Å².